The molecule has 2 atom stereocenters. The fraction of sp³-hybridized carbons (Fsp3) is 0.381. The molecule has 1 aliphatic heterocycles. The number of aromatic nitrogens is 3. The van der Waals surface area contributed by atoms with Crippen LogP contribution in [0.3, 0.4) is 0 Å². The summed E-state index contributed by atoms with van der Waals surface area (Å²) in [5.74, 6) is -0.804. The standard InChI is InChI=1S/C21H22ClF3N6O2/c1-4-19(32)30-8-12(2)31(10-21(23,24)25)17(9-30)13-5-15(29-18(22)6-13)14-7-16(20(33)26-3)28-11-27-14/h4-7,11-12,17H,1,8-10H2,2-3H3,(H,26,33)/t12-,17+/m0/s1. The molecule has 1 aliphatic rings. The van der Waals surface area contributed by atoms with Gasteiger partial charge in [0, 0.05) is 26.2 Å². The SMILES string of the molecule is C=CC(=O)N1C[C@H](c2cc(Cl)nc(-c3cc(C(=O)NC)ncn3)c2)N(CC(F)(F)F)[C@@H](C)C1. The molecule has 0 unspecified atom stereocenters. The molecule has 0 aromatic carbocycles. The van der Waals surface area contributed by atoms with Gasteiger partial charge in [-0.2, -0.15) is 13.2 Å². The van der Waals surface area contributed by atoms with Gasteiger partial charge in [0.25, 0.3) is 5.91 Å². The van der Waals surface area contributed by atoms with Crippen molar-refractivity contribution in [2.75, 3.05) is 26.7 Å². The van der Waals surface area contributed by atoms with E-state index in [-0.39, 0.29) is 41.2 Å². The number of hydrogen-bond donors (Lipinski definition) is 1. The molecule has 33 heavy (non-hydrogen) atoms. The van der Waals surface area contributed by atoms with Gasteiger partial charge in [0.05, 0.1) is 24.0 Å². The third kappa shape index (κ3) is 5.85. The van der Waals surface area contributed by atoms with Gasteiger partial charge in [-0.25, -0.2) is 15.0 Å². The zero-order chi connectivity index (χ0) is 24.3. The number of nitrogens with one attached hydrogen (secondary N) is 1. The number of hydrogen-bond acceptors (Lipinski definition) is 6. The monoisotopic (exact) mass is 482 g/mol. The summed E-state index contributed by atoms with van der Waals surface area (Å²) in [4.78, 5) is 39.1. The van der Waals surface area contributed by atoms with Crippen molar-refractivity contribution in [3.63, 3.8) is 0 Å². The molecular weight excluding hydrogens is 461 g/mol. The van der Waals surface area contributed by atoms with E-state index in [0.717, 1.165) is 6.08 Å². The second-order valence-electron chi connectivity index (χ2n) is 7.58. The Balaban J connectivity index is 2.06. The number of rotatable bonds is 5. The van der Waals surface area contributed by atoms with Crippen molar-refractivity contribution in [3.8, 4) is 11.4 Å². The summed E-state index contributed by atoms with van der Waals surface area (Å²) >= 11 is 6.22. The lowest BCUT2D eigenvalue weighted by Crippen LogP contribution is -2.56. The number of halogens is 4. The molecule has 12 heteroatoms. The number of amides is 2. The number of nitrogens with zero attached hydrogens (tertiary/aromatic N) is 5. The maximum atomic E-state index is 13.4. The Morgan fingerprint density at radius 1 is 1.24 bits per heavy atom. The molecule has 176 valence electrons. The first kappa shape index (κ1) is 24.6. The number of alkyl halides is 3. The minimum atomic E-state index is -4.44. The molecule has 3 heterocycles. The highest BCUT2D eigenvalue weighted by molar-refractivity contribution is 6.29. The Bertz CT molecular complexity index is 1060. The molecule has 2 amide bonds. The van der Waals surface area contributed by atoms with Crippen LogP contribution >= 0.6 is 11.6 Å². The summed E-state index contributed by atoms with van der Waals surface area (Å²) in [6.45, 7) is 4.09. The first-order valence-electron chi connectivity index (χ1n) is 9.98. The molecule has 1 fully saturated rings. The molecule has 3 rings (SSSR count). The third-order valence-corrected chi connectivity index (χ3v) is 5.48. The summed E-state index contributed by atoms with van der Waals surface area (Å²) in [6.07, 6.45) is -2.12. The van der Waals surface area contributed by atoms with E-state index in [4.69, 9.17) is 11.6 Å². The van der Waals surface area contributed by atoms with Crippen molar-refractivity contribution in [2.45, 2.75) is 25.2 Å². The van der Waals surface area contributed by atoms with Crippen molar-refractivity contribution in [3.05, 3.63) is 53.6 Å². The topological polar surface area (TPSA) is 91.3 Å². The first-order valence-corrected chi connectivity index (χ1v) is 10.4. The van der Waals surface area contributed by atoms with Crippen molar-refractivity contribution in [2.24, 2.45) is 0 Å². The van der Waals surface area contributed by atoms with E-state index in [1.54, 1.807) is 13.0 Å². The molecule has 0 saturated carbocycles. The van der Waals surface area contributed by atoms with Crippen LogP contribution < -0.4 is 5.32 Å². The zero-order valence-electron chi connectivity index (χ0n) is 17.9. The summed E-state index contributed by atoms with van der Waals surface area (Å²) in [5, 5.41) is 2.49. The molecule has 0 bridgehead atoms. The van der Waals surface area contributed by atoms with Crippen LogP contribution in [0.4, 0.5) is 13.2 Å². The average molecular weight is 483 g/mol. The number of carbonyl (C=O) groups excluding carboxylic acids is 2. The second-order valence-corrected chi connectivity index (χ2v) is 7.96. The highest BCUT2D eigenvalue weighted by Gasteiger charge is 2.41. The molecular formula is C21H22ClF3N6O2. The quantitative estimate of drug-likeness (QED) is 0.520. The normalized spacial score (nSPS) is 19.3. The summed E-state index contributed by atoms with van der Waals surface area (Å²) in [6, 6.07) is 3.05. The predicted octanol–water partition coefficient (Wildman–Crippen LogP) is 2.87. The van der Waals surface area contributed by atoms with Crippen molar-refractivity contribution in [1.29, 1.82) is 0 Å². The largest absolute Gasteiger partial charge is 0.401 e. The van der Waals surface area contributed by atoms with Crippen LogP contribution in [0.1, 0.15) is 29.0 Å². The van der Waals surface area contributed by atoms with Gasteiger partial charge in [0.2, 0.25) is 5.91 Å². The molecule has 1 saturated heterocycles. The first-order chi connectivity index (χ1) is 15.5. The molecule has 0 spiro atoms. The van der Waals surface area contributed by atoms with E-state index in [9.17, 15) is 22.8 Å². The second kappa shape index (κ2) is 9.84. The lowest BCUT2D eigenvalue weighted by molar-refractivity contribution is -0.165. The summed E-state index contributed by atoms with van der Waals surface area (Å²) in [5.41, 5.74) is 1.07. The zero-order valence-corrected chi connectivity index (χ0v) is 18.7. The Morgan fingerprint density at radius 2 is 1.97 bits per heavy atom. The maximum Gasteiger partial charge on any atom is 0.401 e. The number of carbonyl (C=O) groups is 2. The summed E-state index contributed by atoms with van der Waals surface area (Å²) in [7, 11) is 1.45. The number of pyridine rings is 1. The van der Waals surface area contributed by atoms with Gasteiger partial charge in [-0.3, -0.25) is 14.5 Å². The van der Waals surface area contributed by atoms with E-state index < -0.39 is 30.7 Å². The lowest BCUT2D eigenvalue weighted by atomic mass is 9.98. The van der Waals surface area contributed by atoms with Crippen LogP contribution in [-0.2, 0) is 4.79 Å². The van der Waals surface area contributed by atoms with Gasteiger partial charge in [-0.1, -0.05) is 18.2 Å². The van der Waals surface area contributed by atoms with Gasteiger partial charge in [0.15, 0.2) is 0 Å². The maximum absolute atomic E-state index is 13.4. The average Bonchev–Trinajstić information content (AvgIpc) is 2.78. The summed E-state index contributed by atoms with van der Waals surface area (Å²) < 4.78 is 40.1. The van der Waals surface area contributed by atoms with Gasteiger partial charge < -0.3 is 10.2 Å². The number of piperazine rings is 1. The molecule has 0 aliphatic carbocycles. The fourth-order valence-corrected chi connectivity index (χ4v) is 4.01. The van der Waals surface area contributed by atoms with Gasteiger partial charge in [-0.05, 0) is 36.8 Å². The highest BCUT2D eigenvalue weighted by atomic mass is 35.5. The fourth-order valence-electron chi connectivity index (χ4n) is 3.79. The van der Waals surface area contributed by atoms with E-state index >= 15 is 0 Å². The minimum Gasteiger partial charge on any atom is -0.354 e. The van der Waals surface area contributed by atoms with Gasteiger partial charge >= 0.3 is 6.18 Å². The molecule has 8 nitrogen and oxygen atoms in total. The van der Waals surface area contributed by atoms with E-state index in [1.165, 1.54) is 35.3 Å². The minimum absolute atomic E-state index is 0.0122. The predicted molar refractivity (Wildman–Crippen MR) is 115 cm³/mol. The van der Waals surface area contributed by atoms with Crippen LogP contribution in [-0.4, -0.2) is 75.5 Å². The third-order valence-electron chi connectivity index (χ3n) is 5.28. The van der Waals surface area contributed by atoms with Crippen LogP contribution in [0, 0.1) is 0 Å². The molecule has 0 radical (unpaired) electrons. The molecule has 2 aromatic heterocycles. The van der Waals surface area contributed by atoms with Crippen LogP contribution in [0.25, 0.3) is 11.4 Å². The Morgan fingerprint density at radius 3 is 2.61 bits per heavy atom. The van der Waals surface area contributed by atoms with Crippen LogP contribution in [0.2, 0.25) is 5.15 Å². The van der Waals surface area contributed by atoms with Gasteiger partial charge in [0.1, 0.15) is 17.2 Å². The van der Waals surface area contributed by atoms with Crippen LogP contribution in [0.15, 0.2) is 37.2 Å². The van der Waals surface area contributed by atoms with Crippen LogP contribution in [0.5, 0.6) is 0 Å². The van der Waals surface area contributed by atoms with E-state index in [0.29, 0.717) is 5.56 Å². The Labute approximate surface area is 193 Å². The smallest absolute Gasteiger partial charge is 0.354 e. The Hall–Kier alpha value is -3.05. The Kier molecular flexibility index (Phi) is 7.33. The van der Waals surface area contributed by atoms with Crippen molar-refractivity contribution in [1.82, 2.24) is 30.1 Å². The van der Waals surface area contributed by atoms with Crippen molar-refractivity contribution < 1.29 is 22.8 Å². The molecule has 2 aromatic rings. The van der Waals surface area contributed by atoms with Gasteiger partial charge in [-0.15, -0.1) is 0 Å². The lowest BCUT2D eigenvalue weighted by Gasteiger charge is -2.46. The van der Waals surface area contributed by atoms with E-state index in [2.05, 4.69) is 26.8 Å². The highest BCUT2D eigenvalue weighted by Crippen LogP contribution is 2.34. The van der Waals surface area contributed by atoms with E-state index in [1.807, 2.05) is 0 Å². The molecule has 1 N–H and O–H groups in total. The van der Waals surface area contributed by atoms with Crippen molar-refractivity contribution >= 4 is 23.4 Å².